The predicted molar refractivity (Wildman–Crippen MR) is 57.1 cm³/mol. The second-order valence-corrected chi connectivity index (χ2v) is 4.99. The Morgan fingerprint density at radius 1 is 1.54 bits per heavy atom. The molecule has 0 aromatic heterocycles. The summed E-state index contributed by atoms with van der Waals surface area (Å²) >= 11 is 1.34. The Morgan fingerprint density at radius 2 is 2.15 bits per heavy atom. The van der Waals surface area contributed by atoms with Crippen LogP contribution in [-0.2, 0) is 0 Å². The number of carbonyl (C=O) groups is 1. The Morgan fingerprint density at radius 3 is 2.62 bits per heavy atom. The monoisotopic (exact) mass is 200 g/mol. The Balaban J connectivity index is 2.84. The van der Waals surface area contributed by atoms with Crippen molar-refractivity contribution in [3.8, 4) is 0 Å². The van der Waals surface area contributed by atoms with Crippen molar-refractivity contribution in [3.63, 3.8) is 0 Å². The molecule has 0 spiro atoms. The summed E-state index contributed by atoms with van der Waals surface area (Å²) in [4.78, 5) is 11.3. The van der Waals surface area contributed by atoms with Gasteiger partial charge in [0.2, 0.25) is 0 Å². The molecule has 1 rings (SSSR count). The minimum absolute atomic E-state index is 0.0653. The van der Waals surface area contributed by atoms with Crippen LogP contribution in [0.5, 0.6) is 0 Å². The lowest BCUT2D eigenvalue weighted by molar-refractivity contribution is 0.226. The van der Waals surface area contributed by atoms with Crippen LogP contribution >= 0.6 is 11.8 Å². The van der Waals surface area contributed by atoms with Crippen molar-refractivity contribution in [1.29, 1.82) is 0 Å². The van der Waals surface area contributed by atoms with E-state index in [0.29, 0.717) is 6.54 Å². The van der Waals surface area contributed by atoms with Crippen LogP contribution in [0.25, 0.3) is 0 Å². The number of thioether (sulfide) groups is 1. The molecule has 1 amide bonds. The standard InChI is InChI=1S/C9H16N2OS/c1-5-11-8(12)13-6-7(10-11)9(2,3)4/h5-6H2,1-4H3. The van der Waals surface area contributed by atoms with Crippen molar-refractivity contribution in [3.05, 3.63) is 0 Å². The highest BCUT2D eigenvalue weighted by atomic mass is 32.2. The third-order valence-electron chi connectivity index (χ3n) is 1.95. The molecule has 0 aromatic carbocycles. The third kappa shape index (κ3) is 2.46. The molecule has 13 heavy (non-hydrogen) atoms. The van der Waals surface area contributed by atoms with Crippen LogP contribution in [0.15, 0.2) is 5.10 Å². The zero-order valence-electron chi connectivity index (χ0n) is 8.63. The quantitative estimate of drug-likeness (QED) is 0.651. The van der Waals surface area contributed by atoms with Crippen molar-refractivity contribution < 1.29 is 4.79 Å². The van der Waals surface area contributed by atoms with Gasteiger partial charge in [0, 0.05) is 17.7 Å². The van der Waals surface area contributed by atoms with Crippen molar-refractivity contribution in [1.82, 2.24) is 5.01 Å². The number of hydrogen-bond acceptors (Lipinski definition) is 3. The first kappa shape index (κ1) is 10.6. The summed E-state index contributed by atoms with van der Waals surface area (Å²) in [6, 6.07) is 0. The fourth-order valence-electron chi connectivity index (χ4n) is 0.986. The molecule has 0 radical (unpaired) electrons. The highest BCUT2D eigenvalue weighted by molar-refractivity contribution is 8.14. The summed E-state index contributed by atoms with van der Waals surface area (Å²) in [5.74, 6) is 0.735. The molecule has 0 fully saturated rings. The molecule has 0 N–H and O–H groups in total. The van der Waals surface area contributed by atoms with E-state index in [1.54, 1.807) is 0 Å². The van der Waals surface area contributed by atoms with Gasteiger partial charge in [0.25, 0.3) is 0 Å². The van der Waals surface area contributed by atoms with Crippen molar-refractivity contribution >= 4 is 22.7 Å². The summed E-state index contributed by atoms with van der Waals surface area (Å²) in [6.45, 7) is 8.96. The summed E-state index contributed by atoms with van der Waals surface area (Å²) < 4.78 is 0. The van der Waals surface area contributed by atoms with Crippen molar-refractivity contribution in [2.45, 2.75) is 27.7 Å². The summed E-state index contributed by atoms with van der Waals surface area (Å²) in [5.41, 5.74) is 1.17. The fraction of sp³-hybridized carbons (Fsp3) is 0.778. The van der Waals surface area contributed by atoms with Crippen LogP contribution in [0.2, 0.25) is 0 Å². The average molecular weight is 200 g/mol. The summed E-state index contributed by atoms with van der Waals surface area (Å²) in [5, 5.41) is 5.93. The van der Waals surface area contributed by atoms with E-state index < -0.39 is 0 Å². The van der Waals surface area contributed by atoms with Crippen LogP contribution in [0.1, 0.15) is 27.7 Å². The average Bonchev–Trinajstić information content (AvgIpc) is 2.03. The van der Waals surface area contributed by atoms with E-state index in [4.69, 9.17) is 0 Å². The molecule has 0 aromatic rings. The maximum absolute atomic E-state index is 11.3. The van der Waals surface area contributed by atoms with Crippen LogP contribution < -0.4 is 0 Å². The number of hydrogen-bond donors (Lipinski definition) is 0. The summed E-state index contributed by atoms with van der Waals surface area (Å²) in [6.07, 6.45) is 0. The van der Waals surface area contributed by atoms with Gasteiger partial charge in [0.05, 0.1) is 5.71 Å². The maximum Gasteiger partial charge on any atom is 0.302 e. The van der Waals surface area contributed by atoms with E-state index in [1.807, 2.05) is 6.92 Å². The van der Waals surface area contributed by atoms with Gasteiger partial charge in [-0.05, 0) is 6.92 Å². The second-order valence-electron chi connectivity index (χ2n) is 4.07. The minimum Gasteiger partial charge on any atom is -0.260 e. The molecular formula is C9H16N2OS. The van der Waals surface area contributed by atoms with Crippen LogP contribution in [0.3, 0.4) is 0 Å². The Labute approximate surface area is 83.6 Å². The topological polar surface area (TPSA) is 32.7 Å². The first-order chi connectivity index (χ1) is 5.95. The van der Waals surface area contributed by atoms with E-state index in [0.717, 1.165) is 11.5 Å². The fourth-order valence-corrected chi connectivity index (χ4v) is 2.06. The molecule has 1 heterocycles. The molecule has 0 bridgehead atoms. The molecule has 1 aliphatic rings. The van der Waals surface area contributed by atoms with Gasteiger partial charge in [-0.3, -0.25) is 4.79 Å². The van der Waals surface area contributed by atoms with Gasteiger partial charge in [-0.2, -0.15) is 5.10 Å². The molecule has 74 valence electrons. The normalized spacial score (nSPS) is 18.9. The van der Waals surface area contributed by atoms with Gasteiger partial charge < -0.3 is 0 Å². The molecule has 0 saturated carbocycles. The Bertz CT molecular complexity index is 242. The lowest BCUT2D eigenvalue weighted by atomic mass is 9.91. The maximum atomic E-state index is 11.3. The lowest BCUT2D eigenvalue weighted by Crippen LogP contribution is -2.34. The van der Waals surface area contributed by atoms with Gasteiger partial charge in [0.15, 0.2) is 0 Å². The first-order valence-electron chi connectivity index (χ1n) is 4.47. The molecular weight excluding hydrogens is 184 g/mol. The minimum atomic E-state index is 0.0653. The Hall–Kier alpha value is -0.510. The van der Waals surface area contributed by atoms with Gasteiger partial charge in [-0.25, -0.2) is 5.01 Å². The van der Waals surface area contributed by atoms with Gasteiger partial charge in [-0.15, -0.1) is 0 Å². The molecule has 0 aliphatic carbocycles. The zero-order valence-corrected chi connectivity index (χ0v) is 9.44. The molecule has 0 atom stereocenters. The molecule has 1 aliphatic heterocycles. The first-order valence-corrected chi connectivity index (χ1v) is 5.46. The molecule has 0 saturated heterocycles. The number of rotatable bonds is 1. The van der Waals surface area contributed by atoms with E-state index in [-0.39, 0.29) is 10.7 Å². The number of hydrazone groups is 1. The zero-order chi connectivity index (χ0) is 10.1. The lowest BCUT2D eigenvalue weighted by Gasteiger charge is -2.28. The van der Waals surface area contributed by atoms with Crippen LogP contribution in [0, 0.1) is 5.41 Å². The largest absolute Gasteiger partial charge is 0.302 e. The molecule has 4 heteroatoms. The predicted octanol–water partition coefficient (Wildman–Crippen LogP) is 2.58. The molecule has 3 nitrogen and oxygen atoms in total. The number of nitrogens with zero attached hydrogens (tertiary/aromatic N) is 2. The van der Waals surface area contributed by atoms with Crippen molar-refractivity contribution in [2.24, 2.45) is 10.5 Å². The SMILES string of the molecule is CCN1N=C(C(C)(C)C)CSC1=O. The third-order valence-corrected chi connectivity index (χ3v) is 2.83. The van der Waals surface area contributed by atoms with Crippen LogP contribution in [0.4, 0.5) is 4.79 Å². The summed E-state index contributed by atoms with van der Waals surface area (Å²) in [7, 11) is 0. The van der Waals surface area contributed by atoms with Crippen LogP contribution in [-0.4, -0.2) is 28.3 Å². The van der Waals surface area contributed by atoms with E-state index in [2.05, 4.69) is 25.9 Å². The number of carbonyl (C=O) groups excluding carboxylic acids is 1. The number of amides is 1. The van der Waals surface area contributed by atoms with Crippen molar-refractivity contribution in [2.75, 3.05) is 12.3 Å². The van der Waals surface area contributed by atoms with Gasteiger partial charge in [-0.1, -0.05) is 32.5 Å². The Kier molecular flexibility index (Phi) is 3.01. The highest BCUT2D eigenvalue weighted by Gasteiger charge is 2.27. The van der Waals surface area contributed by atoms with E-state index in [1.165, 1.54) is 16.8 Å². The highest BCUT2D eigenvalue weighted by Crippen LogP contribution is 2.25. The van der Waals surface area contributed by atoms with E-state index in [9.17, 15) is 4.79 Å². The second kappa shape index (κ2) is 3.70. The smallest absolute Gasteiger partial charge is 0.260 e. The van der Waals surface area contributed by atoms with Gasteiger partial charge in [0.1, 0.15) is 0 Å². The van der Waals surface area contributed by atoms with Gasteiger partial charge >= 0.3 is 5.24 Å². The van der Waals surface area contributed by atoms with E-state index >= 15 is 0 Å². The molecule has 0 unspecified atom stereocenters.